The number of sulfone groups is 1. The van der Waals surface area contributed by atoms with Gasteiger partial charge in [0.25, 0.3) is 0 Å². The van der Waals surface area contributed by atoms with E-state index in [0.29, 0.717) is 11.4 Å². The van der Waals surface area contributed by atoms with Crippen molar-refractivity contribution in [2.24, 2.45) is 11.1 Å². The molecule has 0 radical (unpaired) electrons. The van der Waals surface area contributed by atoms with Crippen LogP contribution in [0.1, 0.15) is 27.2 Å². The molecule has 0 unspecified atom stereocenters. The van der Waals surface area contributed by atoms with Crippen molar-refractivity contribution in [1.82, 2.24) is 0 Å². The molecule has 20 heavy (non-hydrogen) atoms. The fourth-order valence-electron chi connectivity index (χ4n) is 2.05. The van der Waals surface area contributed by atoms with Crippen LogP contribution in [0.3, 0.4) is 0 Å². The third-order valence-electron chi connectivity index (χ3n) is 3.30. The van der Waals surface area contributed by atoms with Gasteiger partial charge in [0.1, 0.15) is 0 Å². The fraction of sp³-hybridized carbons (Fsp3) is 0.600. The van der Waals surface area contributed by atoms with Gasteiger partial charge in [0.2, 0.25) is 0 Å². The zero-order valence-corrected chi connectivity index (χ0v) is 13.7. The summed E-state index contributed by atoms with van der Waals surface area (Å²) < 4.78 is 23.0. The van der Waals surface area contributed by atoms with Crippen LogP contribution in [0.4, 0.5) is 5.69 Å². The van der Waals surface area contributed by atoms with E-state index in [-0.39, 0.29) is 5.41 Å². The Bertz CT molecular complexity index is 521. The Morgan fingerprint density at radius 2 is 1.75 bits per heavy atom. The third-order valence-corrected chi connectivity index (χ3v) is 4.42. The summed E-state index contributed by atoms with van der Waals surface area (Å²) in [5.74, 6) is 0. The zero-order chi connectivity index (χ0) is 15.4. The number of nitrogens with two attached hydrogens (primary N) is 1. The Kier molecular flexibility index (Phi) is 5.59. The second-order valence-corrected chi connectivity index (χ2v) is 8.07. The highest BCUT2D eigenvalue weighted by Crippen LogP contribution is 2.23. The summed E-state index contributed by atoms with van der Waals surface area (Å²) in [4.78, 5) is 2.62. The zero-order valence-electron chi connectivity index (χ0n) is 12.9. The quantitative estimate of drug-likeness (QED) is 0.839. The van der Waals surface area contributed by atoms with E-state index in [1.54, 1.807) is 12.1 Å². The molecule has 0 aliphatic heterocycles. The SMILES string of the molecule is CCCN(CC(C)(C)CN)c1ccc(S(C)(=O)=O)cc1. The van der Waals surface area contributed by atoms with Crippen molar-refractivity contribution >= 4 is 15.5 Å². The Morgan fingerprint density at radius 1 is 1.20 bits per heavy atom. The minimum Gasteiger partial charge on any atom is -0.371 e. The fourth-order valence-corrected chi connectivity index (χ4v) is 2.69. The van der Waals surface area contributed by atoms with Crippen LogP contribution in [0.25, 0.3) is 0 Å². The van der Waals surface area contributed by atoms with Gasteiger partial charge in [-0.3, -0.25) is 0 Å². The van der Waals surface area contributed by atoms with Crippen LogP contribution in [-0.2, 0) is 9.84 Å². The molecule has 0 saturated heterocycles. The summed E-state index contributed by atoms with van der Waals surface area (Å²) in [5, 5.41) is 0. The summed E-state index contributed by atoms with van der Waals surface area (Å²) in [6, 6.07) is 7.09. The van der Waals surface area contributed by atoms with Crippen LogP contribution < -0.4 is 10.6 Å². The van der Waals surface area contributed by atoms with Gasteiger partial charge in [-0.05, 0) is 42.6 Å². The monoisotopic (exact) mass is 298 g/mol. The Labute approximate surface area is 122 Å². The first-order valence-corrected chi connectivity index (χ1v) is 8.84. The van der Waals surface area contributed by atoms with Crippen molar-refractivity contribution < 1.29 is 8.42 Å². The van der Waals surface area contributed by atoms with Crippen LogP contribution in [0.2, 0.25) is 0 Å². The molecule has 1 aromatic carbocycles. The van der Waals surface area contributed by atoms with Crippen LogP contribution in [-0.4, -0.2) is 34.3 Å². The van der Waals surface area contributed by atoms with Crippen LogP contribution >= 0.6 is 0 Å². The topological polar surface area (TPSA) is 63.4 Å². The van der Waals surface area contributed by atoms with Crippen molar-refractivity contribution in [3.63, 3.8) is 0 Å². The lowest BCUT2D eigenvalue weighted by Gasteiger charge is -2.33. The highest BCUT2D eigenvalue weighted by molar-refractivity contribution is 7.90. The van der Waals surface area contributed by atoms with E-state index < -0.39 is 9.84 Å². The van der Waals surface area contributed by atoms with Gasteiger partial charge in [-0.2, -0.15) is 0 Å². The lowest BCUT2D eigenvalue weighted by Crippen LogP contribution is -2.39. The molecule has 0 atom stereocenters. The molecule has 0 bridgehead atoms. The first-order chi connectivity index (χ1) is 9.19. The molecule has 0 heterocycles. The predicted octanol–water partition coefficient (Wildman–Crippen LogP) is 2.29. The molecule has 1 rings (SSSR count). The van der Waals surface area contributed by atoms with E-state index in [2.05, 4.69) is 25.7 Å². The van der Waals surface area contributed by atoms with Gasteiger partial charge in [0, 0.05) is 25.0 Å². The lowest BCUT2D eigenvalue weighted by atomic mass is 9.93. The molecule has 4 nitrogen and oxygen atoms in total. The standard InChI is InChI=1S/C15H26N2O2S/c1-5-10-17(12-15(2,3)11-16)13-6-8-14(9-7-13)20(4,18)19/h6-9H,5,10-12,16H2,1-4H3. The number of nitrogens with zero attached hydrogens (tertiary/aromatic N) is 1. The summed E-state index contributed by atoms with van der Waals surface area (Å²) in [6.45, 7) is 8.82. The highest BCUT2D eigenvalue weighted by atomic mass is 32.2. The van der Waals surface area contributed by atoms with E-state index >= 15 is 0 Å². The summed E-state index contributed by atoms with van der Waals surface area (Å²) in [7, 11) is -3.14. The first-order valence-electron chi connectivity index (χ1n) is 6.95. The highest BCUT2D eigenvalue weighted by Gasteiger charge is 2.20. The summed E-state index contributed by atoms with van der Waals surface area (Å²) in [5.41, 5.74) is 6.88. The van der Waals surface area contributed by atoms with E-state index in [4.69, 9.17) is 5.73 Å². The molecule has 0 fully saturated rings. The average Bonchev–Trinajstić information content (AvgIpc) is 2.37. The number of hydrogen-bond acceptors (Lipinski definition) is 4. The van der Waals surface area contributed by atoms with Gasteiger partial charge < -0.3 is 10.6 Å². The minimum absolute atomic E-state index is 0.0324. The maximum absolute atomic E-state index is 11.5. The molecule has 1 aromatic rings. The van der Waals surface area contributed by atoms with Gasteiger partial charge in [0.15, 0.2) is 9.84 Å². The van der Waals surface area contributed by atoms with Crippen molar-refractivity contribution in [3.05, 3.63) is 24.3 Å². The molecule has 0 aliphatic rings. The normalized spacial score (nSPS) is 12.4. The van der Waals surface area contributed by atoms with E-state index in [9.17, 15) is 8.42 Å². The summed E-state index contributed by atoms with van der Waals surface area (Å²) in [6.07, 6.45) is 2.26. The van der Waals surface area contributed by atoms with E-state index in [1.165, 1.54) is 6.26 Å². The maximum atomic E-state index is 11.5. The van der Waals surface area contributed by atoms with Gasteiger partial charge >= 0.3 is 0 Å². The Morgan fingerprint density at radius 3 is 2.15 bits per heavy atom. The molecule has 2 N–H and O–H groups in total. The predicted molar refractivity (Wildman–Crippen MR) is 84.9 cm³/mol. The molecule has 5 heteroatoms. The van der Waals surface area contributed by atoms with E-state index in [0.717, 1.165) is 25.2 Å². The number of rotatable bonds is 7. The maximum Gasteiger partial charge on any atom is 0.175 e. The summed E-state index contributed by atoms with van der Waals surface area (Å²) >= 11 is 0. The molecule has 114 valence electrons. The molecular formula is C15H26N2O2S. The van der Waals surface area contributed by atoms with Crippen LogP contribution in [0, 0.1) is 5.41 Å². The number of anilines is 1. The lowest BCUT2D eigenvalue weighted by molar-refractivity contribution is 0.377. The average molecular weight is 298 g/mol. The van der Waals surface area contributed by atoms with Gasteiger partial charge in [-0.25, -0.2) is 8.42 Å². The smallest absolute Gasteiger partial charge is 0.175 e. The Balaban J connectivity index is 2.98. The van der Waals surface area contributed by atoms with Crippen molar-refractivity contribution in [2.45, 2.75) is 32.1 Å². The third kappa shape index (κ3) is 4.80. The van der Waals surface area contributed by atoms with Crippen molar-refractivity contribution in [3.8, 4) is 0 Å². The van der Waals surface area contributed by atoms with Crippen LogP contribution in [0.15, 0.2) is 29.2 Å². The molecule has 0 aromatic heterocycles. The minimum atomic E-state index is -3.14. The van der Waals surface area contributed by atoms with Crippen molar-refractivity contribution in [1.29, 1.82) is 0 Å². The second kappa shape index (κ2) is 6.59. The van der Waals surface area contributed by atoms with Crippen LogP contribution in [0.5, 0.6) is 0 Å². The van der Waals surface area contributed by atoms with E-state index in [1.807, 2.05) is 12.1 Å². The van der Waals surface area contributed by atoms with Gasteiger partial charge in [-0.1, -0.05) is 20.8 Å². The number of hydrogen-bond donors (Lipinski definition) is 1. The van der Waals surface area contributed by atoms with Gasteiger partial charge in [0.05, 0.1) is 4.90 Å². The first kappa shape index (κ1) is 17.0. The molecule has 0 saturated carbocycles. The molecule has 0 aliphatic carbocycles. The second-order valence-electron chi connectivity index (χ2n) is 6.06. The molecule has 0 amide bonds. The largest absolute Gasteiger partial charge is 0.371 e. The van der Waals surface area contributed by atoms with Gasteiger partial charge in [-0.15, -0.1) is 0 Å². The van der Waals surface area contributed by atoms with Crippen molar-refractivity contribution in [2.75, 3.05) is 30.8 Å². The molecular weight excluding hydrogens is 272 g/mol. The molecule has 0 spiro atoms. The number of benzene rings is 1. The Hall–Kier alpha value is -1.07.